The van der Waals surface area contributed by atoms with Crippen LogP contribution in [0.5, 0.6) is 0 Å². The molecule has 102 valence electrons. The molecule has 0 unspecified atom stereocenters. The number of halogens is 2. The van der Waals surface area contributed by atoms with E-state index >= 15 is 0 Å². The van der Waals surface area contributed by atoms with E-state index in [1.54, 1.807) is 6.07 Å². The number of rotatable bonds is 3. The second-order valence-corrected chi connectivity index (χ2v) is 5.11. The first-order valence-corrected chi connectivity index (χ1v) is 6.46. The van der Waals surface area contributed by atoms with Gasteiger partial charge in [0.15, 0.2) is 0 Å². The zero-order valence-electron chi connectivity index (χ0n) is 9.75. The minimum absolute atomic E-state index is 0.0988. The Balaban J connectivity index is 2.82. The molecule has 0 radical (unpaired) electrons. The lowest BCUT2D eigenvalue weighted by Crippen LogP contribution is -1.97. The summed E-state index contributed by atoms with van der Waals surface area (Å²) in [6.45, 7) is 0. The summed E-state index contributed by atoms with van der Waals surface area (Å²) in [6.07, 6.45) is 0. The molecule has 0 aliphatic rings. The maximum atomic E-state index is 11.2. The smallest absolute Gasteiger partial charge is 0.258 e. The van der Waals surface area contributed by atoms with Crippen molar-refractivity contribution in [3.8, 4) is 11.1 Å². The van der Waals surface area contributed by atoms with Gasteiger partial charge in [-0.05, 0) is 34.1 Å². The fourth-order valence-corrected chi connectivity index (χ4v) is 2.77. The zero-order chi connectivity index (χ0) is 14.9. The first-order chi connectivity index (χ1) is 9.41. The van der Waals surface area contributed by atoms with E-state index in [2.05, 4.69) is 15.9 Å². The average molecular weight is 358 g/mol. The highest BCUT2D eigenvalue weighted by Gasteiger charge is 2.25. The van der Waals surface area contributed by atoms with Crippen molar-refractivity contribution in [1.82, 2.24) is 0 Å². The van der Waals surface area contributed by atoms with Crippen LogP contribution in [0.1, 0.15) is 0 Å². The standard InChI is InChI=1S/C12H6BrClN2O4/c13-10-6-7(14)5-9(12(10)16(19)20)8-3-1-2-4-11(8)15(17)18/h1-6H. The van der Waals surface area contributed by atoms with Gasteiger partial charge in [0.2, 0.25) is 0 Å². The van der Waals surface area contributed by atoms with Crippen LogP contribution < -0.4 is 0 Å². The summed E-state index contributed by atoms with van der Waals surface area (Å²) >= 11 is 8.95. The van der Waals surface area contributed by atoms with E-state index in [-0.39, 0.29) is 32.0 Å². The van der Waals surface area contributed by atoms with Crippen molar-refractivity contribution in [2.45, 2.75) is 0 Å². The van der Waals surface area contributed by atoms with Gasteiger partial charge in [0.1, 0.15) is 0 Å². The number of hydrogen-bond donors (Lipinski definition) is 0. The quantitative estimate of drug-likeness (QED) is 0.594. The molecular weight excluding hydrogens is 351 g/mol. The first-order valence-electron chi connectivity index (χ1n) is 5.29. The lowest BCUT2D eigenvalue weighted by molar-refractivity contribution is -0.386. The molecule has 2 aromatic carbocycles. The van der Waals surface area contributed by atoms with Gasteiger partial charge in [-0.2, -0.15) is 0 Å². The molecule has 0 heterocycles. The third-order valence-corrected chi connectivity index (χ3v) is 3.42. The number of benzene rings is 2. The highest BCUT2D eigenvalue weighted by Crippen LogP contribution is 2.41. The first kappa shape index (κ1) is 14.4. The summed E-state index contributed by atoms with van der Waals surface area (Å²) in [4.78, 5) is 21.0. The Morgan fingerprint density at radius 3 is 2.25 bits per heavy atom. The molecule has 0 aliphatic carbocycles. The highest BCUT2D eigenvalue weighted by molar-refractivity contribution is 9.10. The average Bonchev–Trinajstić information content (AvgIpc) is 2.37. The van der Waals surface area contributed by atoms with Gasteiger partial charge in [-0.1, -0.05) is 23.7 Å². The Kier molecular flexibility index (Phi) is 4.01. The maximum absolute atomic E-state index is 11.2. The molecule has 2 rings (SSSR count). The minimum Gasteiger partial charge on any atom is -0.258 e. The Morgan fingerprint density at radius 2 is 1.65 bits per heavy atom. The van der Waals surface area contributed by atoms with Gasteiger partial charge >= 0.3 is 0 Å². The van der Waals surface area contributed by atoms with Crippen LogP contribution in [0.3, 0.4) is 0 Å². The molecule has 0 atom stereocenters. The second-order valence-electron chi connectivity index (χ2n) is 3.82. The SMILES string of the molecule is O=[N+]([O-])c1ccccc1-c1cc(Cl)cc(Br)c1[N+](=O)[O-]. The molecule has 6 nitrogen and oxygen atoms in total. The zero-order valence-corrected chi connectivity index (χ0v) is 12.1. The fourth-order valence-electron chi connectivity index (χ4n) is 1.82. The van der Waals surface area contributed by atoms with Crippen LogP contribution in [0.25, 0.3) is 11.1 Å². The number of nitrogens with zero attached hydrogens (tertiary/aromatic N) is 2. The van der Waals surface area contributed by atoms with Crippen LogP contribution in [0.2, 0.25) is 5.02 Å². The van der Waals surface area contributed by atoms with Gasteiger partial charge in [0, 0.05) is 11.1 Å². The van der Waals surface area contributed by atoms with E-state index in [0.717, 1.165) is 0 Å². The predicted octanol–water partition coefficient (Wildman–Crippen LogP) is 4.59. The Morgan fingerprint density at radius 1 is 1.00 bits per heavy atom. The lowest BCUT2D eigenvalue weighted by atomic mass is 10.0. The van der Waals surface area contributed by atoms with Crippen LogP contribution >= 0.6 is 27.5 Å². The molecule has 0 aliphatic heterocycles. The summed E-state index contributed by atoms with van der Waals surface area (Å²) in [7, 11) is 0. The molecule has 0 fully saturated rings. The van der Waals surface area contributed by atoms with Crippen LogP contribution in [0, 0.1) is 20.2 Å². The van der Waals surface area contributed by atoms with Gasteiger partial charge < -0.3 is 0 Å². The molecule has 0 amide bonds. The molecule has 8 heteroatoms. The lowest BCUT2D eigenvalue weighted by Gasteiger charge is -2.06. The molecule has 0 aromatic heterocycles. The maximum Gasteiger partial charge on any atom is 0.291 e. The van der Waals surface area contributed by atoms with E-state index in [1.165, 1.54) is 30.3 Å². The van der Waals surface area contributed by atoms with Crippen molar-refractivity contribution >= 4 is 38.9 Å². The fraction of sp³-hybridized carbons (Fsp3) is 0. The Hall–Kier alpha value is -1.99. The van der Waals surface area contributed by atoms with Crippen molar-refractivity contribution in [1.29, 1.82) is 0 Å². The third kappa shape index (κ3) is 2.63. The number of nitro groups is 2. The monoisotopic (exact) mass is 356 g/mol. The van der Waals surface area contributed by atoms with E-state index < -0.39 is 9.85 Å². The molecule has 2 aromatic rings. The van der Waals surface area contributed by atoms with E-state index in [0.29, 0.717) is 0 Å². The molecular formula is C12H6BrClN2O4. The summed E-state index contributed by atoms with van der Waals surface area (Å²) in [5.74, 6) is 0. The summed E-state index contributed by atoms with van der Waals surface area (Å²) < 4.78 is 0.170. The molecule has 0 spiro atoms. The molecule has 0 saturated heterocycles. The van der Waals surface area contributed by atoms with Crippen LogP contribution in [0.4, 0.5) is 11.4 Å². The van der Waals surface area contributed by atoms with Crippen molar-refractivity contribution in [2.24, 2.45) is 0 Å². The van der Waals surface area contributed by atoms with E-state index in [4.69, 9.17) is 11.6 Å². The van der Waals surface area contributed by atoms with Gasteiger partial charge in [0.05, 0.1) is 25.4 Å². The predicted molar refractivity (Wildman–Crippen MR) is 77.9 cm³/mol. The normalized spacial score (nSPS) is 10.3. The van der Waals surface area contributed by atoms with E-state index in [1.807, 2.05) is 0 Å². The van der Waals surface area contributed by atoms with Crippen molar-refractivity contribution < 1.29 is 9.85 Å². The number of nitro benzene ring substituents is 2. The van der Waals surface area contributed by atoms with Crippen LogP contribution in [0.15, 0.2) is 40.9 Å². The topological polar surface area (TPSA) is 86.3 Å². The Labute approximate surface area is 126 Å². The largest absolute Gasteiger partial charge is 0.291 e. The summed E-state index contributed by atoms with van der Waals surface area (Å²) in [5.41, 5.74) is -0.234. The summed E-state index contributed by atoms with van der Waals surface area (Å²) in [6, 6.07) is 8.51. The number of hydrogen-bond acceptors (Lipinski definition) is 4. The Bertz CT molecular complexity index is 721. The highest BCUT2D eigenvalue weighted by atomic mass is 79.9. The molecule has 0 N–H and O–H groups in total. The van der Waals surface area contributed by atoms with Crippen molar-refractivity contribution in [2.75, 3.05) is 0 Å². The second kappa shape index (κ2) is 5.56. The van der Waals surface area contributed by atoms with Crippen LogP contribution in [-0.4, -0.2) is 9.85 Å². The van der Waals surface area contributed by atoms with Crippen molar-refractivity contribution in [3.63, 3.8) is 0 Å². The third-order valence-electron chi connectivity index (χ3n) is 2.60. The molecule has 0 saturated carbocycles. The van der Waals surface area contributed by atoms with Crippen LogP contribution in [-0.2, 0) is 0 Å². The summed E-state index contributed by atoms with van der Waals surface area (Å²) in [5, 5.41) is 22.5. The van der Waals surface area contributed by atoms with Gasteiger partial charge in [-0.15, -0.1) is 0 Å². The van der Waals surface area contributed by atoms with Gasteiger partial charge in [-0.25, -0.2) is 0 Å². The molecule has 0 bridgehead atoms. The van der Waals surface area contributed by atoms with Gasteiger partial charge in [-0.3, -0.25) is 20.2 Å². The molecule has 20 heavy (non-hydrogen) atoms. The van der Waals surface area contributed by atoms with E-state index in [9.17, 15) is 20.2 Å². The van der Waals surface area contributed by atoms with Gasteiger partial charge in [0.25, 0.3) is 11.4 Å². The van der Waals surface area contributed by atoms with Crippen molar-refractivity contribution in [3.05, 3.63) is 66.1 Å². The number of para-hydroxylation sites is 1. The minimum atomic E-state index is -0.605.